The van der Waals surface area contributed by atoms with Gasteiger partial charge >= 0.3 is 5.97 Å². The minimum atomic E-state index is -1.18. The van der Waals surface area contributed by atoms with Crippen molar-refractivity contribution in [2.24, 2.45) is 0 Å². The fourth-order valence-electron chi connectivity index (χ4n) is 2.60. The minimum Gasteiger partial charge on any atom is -0.475 e. The molecule has 1 aromatic carbocycles. The molecule has 0 radical (unpaired) electrons. The summed E-state index contributed by atoms with van der Waals surface area (Å²) in [5.74, 6) is -1.64. The number of anilines is 1. The van der Waals surface area contributed by atoms with E-state index in [1.54, 1.807) is 4.90 Å². The van der Waals surface area contributed by atoms with E-state index < -0.39 is 5.97 Å². The molecule has 0 atom stereocenters. The van der Waals surface area contributed by atoms with Gasteiger partial charge in [-0.05, 0) is 49.1 Å². The number of rotatable bonds is 2. The van der Waals surface area contributed by atoms with Crippen LogP contribution in [0.5, 0.6) is 0 Å². The predicted octanol–water partition coefficient (Wildman–Crippen LogP) is 2.88. The molecule has 5 heteroatoms. The van der Waals surface area contributed by atoms with Crippen LogP contribution in [0.4, 0.5) is 5.69 Å². The van der Waals surface area contributed by atoms with E-state index in [-0.39, 0.29) is 17.4 Å². The maximum atomic E-state index is 12.5. The van der Waals surface area contributed by atoms with Gasteiger partial charge in [0.2, 0.25) is 5.76 Å². The van der Waals surface area contributed by atoms with Gasteiger partial charge in [-0.15, -0.1) is 0 Å². The molecule has 0 saturated carbocycles. The van der Waals surface area contributed by atoms with Crippen molar-refractivity contribution in [1.82, 2.24) is 0 Å². The van der Waals surface area contributed by atoms with Crippen LogP contribution in [0.2, 0.25) is 0 Å². The van der Waals surface area contributed by atoms with Crippen LogP contribution >= 0.6 is 0 Å². The molecule has 0 aliphatic carbocycles. The summed E-state index contributed by atoms with van der Waals surface area (Å²) in [5, 5.41) is 8.87. The van der Waals surface area contributed by atoms with Crippen molar-refractivity contribution in [3.8, 4) is 0 Å². The molecule has 0 spiro atoms. The molecule has 0 unspecified atom stereocenters. The van der Waals surface area contributed by atoms with Gasteiger partial charge < -0.3 is 14.4 Å². The van der Waals surface area contributed by atoms with Gasteiger partial charge in [-0.1, -0.05) is 12.1 Å². The van der Waals surface area contributed by atoms with Crippen LogP contribution in [0.3, 0.4) is 0 Å². The van der Waals surface area contributed by atoms with Crippen LogP contribution in [0.15, 0.2) is 34.7 Å². The number of carbonyl (C=O) groups is 2. The lowest BCUT2D eigenvalue weighted by molar-refractivity contribution is 0.0660. The largest absolute Gasteiger partial charge is 0.475 e. The molecule has 21 heavy (non-hydrogen) atoms. The number of amides is 1. The molecule has 108 valence electrons. The number of benzene rings is 1. The average Bonchev–Trinajstić information content (AvgIpc) is 2.96. The van der Waals surface area contributed by atoms with Gasteiger partial charge in [-0.3, -0.25) is 4.79 Å². The smallest absolute Gasteiger partial charge is 0.371 e. The second-order valence-electron chi connectivity index (χ2n) is 5.16. The minimum absolute atomic E-state index is 0.0572. The fourth-order valence-corrected chi connectivity index (χ4v) is 2.60. The first-order chi connectivity index (χ1) is 10.1. The molecule has 1 amide bonds. The number of carboxylic acids is 1. The first kappa shape index (κ1) is 13.4. The summed E-state index contributed by atoms with van der Waals surface area (Å²) < 4.78 is 5.11. The standard InChI is InChI=1S/C16H15NO4/c1-10-4-5-11-3-2-8-17(12(11)9-10)15(18)13-6-7-14(21-13)16(19)20/h4-7,9H,2-3,8H2,1H3,(H,19,20). The highest BCUT2D eigenvalue weighted by atomic mass is 16.4. The Labute approximate surface area is 121 Å². The fraction of sp³-hybridized carbons (Fsp3) is 0.250. The molecule has 1 aliphatic rings. The molecule has 5 nitrogen and oxygen atoms in total. The molecule has 2 aromatic rings. The Morgan fingerprint density at radius 3 is 2.67 bits per heavy atom. The zero-order chi connectivity index (χ0) is 15.0. The van der Waals surface area contributed by atoms with Crippen LogP contribution in [0.25, 0.3) is 0 Å². The zero-order valence-electron chi connectivity index (χ0n) is 11.6. The molecular formula is C16H15NO4. The van der Waals surface area contributed by atoms with Crippen molar-refractivity contribution in [3.63, 3.8) is 0 Å². The highest BCUT2D eigenvalue weighted by Gasteiger charge is 2.26. The quantitative estimate of drug-likeness (QED) is 0.921. The van der Waals surface area contributed by atoms with E-state index in [4.69, 9.17) is 9.52 Å². The maximum absolute atomic E-state index is 12.5. The lowest BCUT2D eigenvalue weighted by Crippen LogP contribution is -2.35. The topological polar surface area (TPSA) is 70.8 Å². The van der Waals surface area contributed by atoms with Gasteiger partial charge in [0.25, 0.3) is 5.91 Å². The molecule has 0 bridgehead atoms. The molecule has 2 heterocycles. The Morgan fingerprint density at radius 1 is 1.19 bits per heavy atom. The van der Waals surface area contributed by atoms with E-state index in [2.05, 4.69) is 0 Å². The predicted molar refractivity (Wildman–Crippen MR) is 76.8 cm³/mol. The highest BCUT2D eigenvalue weighted by Crippen LogP contribution is 2.29. The average molecular weight is 285 g/mol. The van der Waals surface area contributed by atoms with E-state index >= 15 is 0 Å². The van der Waals surface area contributed by atoms with Gasteiger partial charge in [0.1, 0.15) is 0 Å². The van der Waals surface area contributed by atoms with Gasteiger partial charge in [0, 0.05) is 12.2 Å². The Morgan fingerprint density at radius 2 is 1.95 bits per heavy atom. The Bertz CT molecular complexity index is 717. The number of nitrogens with zero attached hydrogens (tertiary/aromatic N) is 1. The number of aromatic carboxylic acids is 1. The van der Waals surface area contributed by atoms with Crippen molar-refractivity contribution in [2.45, 2.75) is 19.8 Å². The number of carbonyl (C=O) groups excluding carboxylic acids is 1. The van der Waals surface area contributed by atoms with Crippen molar-refractivity contribution in [2.75, 3.05) is 11.4 Å². The van der Waals surface area contributed by atoms with Gasteiger partial charge in [-0.2, -0.15) is 0 Å². The van der Waals surface area contributed by atoms with Gasteiger partial charge in [0.05, 0.1) is 0 Å². The molecule has 3 rings (SSSR count). The summed E-state index contributed by atoms with van der Waals surface area (Å²) in [7, 11) is 0. The second kappa shape index (κ2) is 5.09. The van der Waals surface area contributed by atoms with Crippen LogP contribution in [-0.4, -0.2) is 23.5 Å². The molecular weight excluding hydrogens is 270 g/mol. The van der Waals surface area contributed by atoms with Crippen molar-refractivity contribution in [1.29, 1.82) is 0 Å². The summed E-state index contributed by atoms with van der Waals surface area (Å²) in [6.45, 7) is 2.59. The first-order valence-electron chi connectivity index (χ1n) is 6.81. The number of furan rings is 1. The van der Waals surface area contributed by atoms with E-state index in [1.807, 2.05) is 25.1 Å². The zero-order valence-corrected chi connectivity index (χ0v) is 11.6. The third kappa shape index (κ3) is 2.42. The lowest BCUT2D eigenvalue weighted by Gasteiger charge is -2.29. The highest BCUT2D eigenvalue weighted by molar-refractivity contribution is 6.05. The number of aryl methyl sites for hydroxylation is 2. The van der Waals surface area contributed by atoms with Crippen LogP contribution < -0.4 is 4.90 Å². The Balaban J connectivity index is 1.95. The van der Waals surface area contributed by atoms with Crippen LogP contribution in [0, 0.1) is 6.92 Å². The van der Waals surface area contributed by atoms with E-state index in [1.165, 1.54) is 12.1 Å². The van der Waals surface area contributed by atoms with Gasteiger partial charge in [-0.25, -0.2) is 4.79 Å². The van der Waals surface area contributed by atoms with E-state index in [9.17, 15) is 9.59 Å². The van der Waals surface area contributed by atoms with Crippen LogP contribution in [-0.2, 0) is 6.42 Å². The third-order valence-electron chi connectivity index (χ3n) is 3.63. The van der Waals surface area contributed by atoms with E-state index in [0.717, 1.165) is 29.7 Å². The summed E-state index contributed by atoms with van der Waals surface area (Å²) in [4.78, 5) is 25.0. The Hall–Kier alpha value is -2.56. The normalized spacial score (nSPS) is 13.9. The second-order valence-corrected chi connectivity index (χ2v) is 5.16. The van der Waals surface area contributed by atoms with Crippen molar-refractivity contribution >= 4 is 17.6 Å². The van der Waals surface area contributed by atoms with Crippen molar-refractivity contribution < 1.29 is 19.1 Å². The van der Waals surface area contributed by atoms with Crippen molar-refractivity contribution in [3.05, 3.63) is 53.0 Å². The number of carboxylic acid groups (broad SMARTS) is 1. The number of hydrogen-bond acceptors (Lipinski definition) is 3. The molecule has 0 fully saturated rings. The number of fused-ring (bicyclic) bond motifs is 1. The maximum Gasteiger partial charge on any atom is 0.371 e. The summed E-state index contributed by atoms with van der Waals surface area (Å²) in [6, 6.07) is 8.76. The Kier molecular flexibility index (Phi) is 3.25. The SMILES string of the molecule is Cc1ccc2c(c1)N(C(=O)c1ccc(C(=O)O)o1)CCC2. The van der Waals surface area contributed by atoms with Gasteiger partial charge in [0.15, 0.2) is 5.76 Å². The molecule has 0 saturated heterocycles. The molecule has 1 aliphatic heterocycles. The summed E-state index contributed by atoms with van der Waals surface area (Å²) >= 11 is 0. The first-order valence-corrected chi connectivity index (χ1v) is 6.81. The molecule has 1 N–H and O–H groups in total. The van der Waals surface area contributed by atoms with E-state index in [0.29, 0.717) is 6.54 Å². The summed E-state index contributed by atoms with van der Waals surface area (Å²) in [5.41, 5.74) is 3.10. The molecule has 1 aromatic heterocycles. The monoisotopic (exact) mass is 285 g/mol. The third-order valence-corrected chi connectivity index (χ3v) is 3.63. The van der Waals surface area contributed by atoms with Crippen LogP contribution in [0.1, 0.15) is 38.7 Å². The number of hydrogen-bond donors (Lipinski definition) is 1. The lowest BCUT2D eigenvalue weighted by atomic mass is 9.99. The summed E-state index contributed by atoms with van der Waals surface area (Å²) in [6.07, 6.45) is 1.83.